The van der Waals surface area contributed by atoms with Gasteiger partial charge in [0.1, 0.15) is 0 Å². The van der Waals surface area contributed by atoms with E-state index in [1.165, 1.54) is 52.8 Å². The van der Waals surface area contributed by atoms with Crippen molar-refractivity contribution in [3.63, 3.8) is 0 Å². The second kappa shape index (κ2) is 11.9. The molecule has 0 radical (unpaired) electrons. The van der Waals surface area contributed by atoms with E-state index < -0.39 is 0 Å². The second-order valence-corrected chi connectivity index (χ2v) is 13.5. The Bertz CT molecular complexity index is 2580. The van der Waals surface area contributed by atoms with E-state index in [1.54, 1.807) is 0 Å². The molecule has 0 spiro atoms. The van der Waals surface area contributed by atoms with Crippen molar-refractivity contribution in [3.8, 4) is 11.1 Å². The van der Waals surface area contributed by atoms with Gasteiger partial charge in [-0.2, -0.15) is 0 Å². The molecule has 1 unspecified atom stereocenters. The number of thiophene rings is 1. The largest absolute Gasteiger partial charge is 0.232 e. The molecule has 2 nitrogen and oxygen atoms in total. The fourth-order valence-corrected chi connectivity index (χ4v) is 8.43. The highest BCUT2D eigenvalue weighted by atomic mass is 32.1. The van der Waals surface area contributed by atoms with Crippen molar-refractivity contribution in [2.75, 3.05) is 0 Å². The van der Waals surface area contributed by atoms with Crippen molar-refractivity contribution >= 4 is 70.3 Å². The van der Waals surface area contributed by atoms with E-state index in [1.807, 2.05) is 17.4 Å². The van der Waals surface area contributed by atoms with Crippen LogP contribution in [0.5, 0.6) is 0 Å². The fraction of sp³-hybridized carbons (Fsp3) is 0.0667. The number of hydrogen-bond donors (Lipinski definition) is 0. The molecule has 9 rings (SSSR count). The van der Waals surface area contributed by atoms with Gasteiger partial charge >= 0.3 is 0 Å². The first-order valence-electron chi connectivity index (χ1n) is 16.6. The minimum Gasteiger partial charge on any atom is -0.232 e. The summed E-state index contributed by atoms with van der Waals surface area (Å²) in [5, 5.41) is 7.63. The van der Waals surface area contributed by atoms with Crippen LogP contribution in [-0.2, 0) is 0 Å². The van der Waals surface area contributed by atoms with Crippen LogP contribution >= 0.6 is 11.3 Å². The molecular formula is C45H32N2S. The Balaban J connectivity index is 1.20. The lowest BCUT2D eigenvalue weighted by Gasteiger charge is -2.15. The first kappa shape index (κ1) is 28.6. The van der Waals surface area contributed by atoms with Crippen LogP contribution in [0.4, 0.5) is 0 Å². The van der Waals surface area contributed by atoms with Gasteiger partial charge in [0, 0.05) is 37.2 Å². The minimum atomic E-state index is 0.0920. The monoisotopic (exact) mass is 632 g/mol. The molecule has 228 valence electrons. The third-order valence-electron chi connectivity index (χ3n) is 9.58. The summed E-state index contributed by atoms with van der Waals surface area (Å²) in [5.41, 5.74) is 7.76. The van der Waals surface area contributed by atoms with Gasteiger partial charge in [0.15, 0.2) is 5.84 Å². The summed E-state index contributed by atoms with van der Waals surface area (Å²) in [6.45, 7) is 2.25. The Morgan fingerprint density at radius 1 is 0.521 bits per heavy atom. The molecule has 8 aromatic rings. The molecule has 48 heavy (non-hydrogen) atoms. The van der Waals surface area contributed by atoms with Gasteiger partial charge in [-0.25, -0.2) is 9.98 Å². The highest BCUT2D eigenvalue weighted by Crippen LogP contribution is 2.42. The van der Waals surface area contributed by atoms with Crippen LogP contribution in [0.2, 0.25) is 0 Å². The van der Waals surface area contributed by atoms with Gasteiger partial charge in [0.05, 0.1) is 11.4 Å². The van der Waals surface area contributed by atoms with Gasteiger partial charge in [-0.15, -0.1) is 11.3 Å². The van der Waals surface area contributed by atoms with Crippen LogP contribution in [0.1, 0.15) is 30.0 Å². The van der Waals surface area contributed by atoms with E-state index in [2.05, 4.69) is 159 Å². The smallest absolute Gasteiger partial charge is 0.160 e. The van der Waals surface area contributed by atoms with Gasteiger partial charge in [-0.05, 0) is 56.8 Å². The molecular weight excluding hydrogens is 601 g/mol. The summed E-state index contributed by atoms with van der Waals surface area (Å²) in [5.74, 6) is 0.835. The normalized spacial score (nSPS) is 15.0. The molecule has 2 heterocycles. The lowest BCUT2D eigenvalue weighted by molar-refractivity contribution is 0.819. The molecule has 3 heteroatoms. The molecule has 0 aliphatic carbocycles. The number of hydrogen-bond acceptors (Lipinski definition) is 3. The van der Waals surface area contributed by atoms with Crippen molar-refractivity contribution in [1.82, 2.24) is 0 Å². The average Bonchev–Trinajstić information content (AvgIpc) is 3.43. The Labute approximate surface area is 284 Å². The predicted octanol–water partition coefficient (Wildman–Crippen LogP) is 12.3. The molecule has 0 amide bonds. The number of amidine groups is 1. The first-order valence-corrected chi connectivity index (χ1v) is 17.4. The van der Waals surface area contributed by atoms with E-state index in [9.17, 15) is 0 Å². The van der Waals surface area contributed by atoms with Crippen molar-refractivity contribution in [1.29, 1.82) is 0 Å². The van der Waals surface area contributed by atoms with Gasteiger partial charge in [-0.3, -0.25) is 0 Å². The number of nitrogens with zero attached hydrogens (tertiary/aromatic N) is 2. The number of benzene rings is 7. The number of aliphatic imine (C=N–C) groups is 2. The fourth-order valence-electron chi connectivity index (χ4n) is 7.16. The molecule has 7 aromatic carbocycles. The minimum absolute atomic E-state index is 0.0920. The number of rotatable bonds is 5. The van der Waals surface area contributed by atoms with Gasteiger partial charge in [-0.1, -0.05) is 153 Å². The number of fused-ring (bicyclic) bond motifs is 6. The zero-order valence-electron chi connectivity index (χ0n) is 26.6. The maximum atomic E-state index is 5.38. The second-order valence-electron chi connectivity index (χ2n) is 12.4. The Hall–Kier alpha value is -5.64. The summed E-state index contributed by atoms with van der Waals surface area (Å²) in [7, 11) is 0. The molecule has 0 saturated carbocycles. The van der Waals surface area contributed by atoms with Gasteiger partial charge in [0.2, 0.25) is 0 Å². The van der Waals surface area contributed by atoms with Crippen LogP contribution < -0.4 is 0 Å². The van der Waals surface area contributed by atoms with E-state index in [4.69, 9.17) is 9.98 Å². The Kier molecular flexibility index (Phi) is 7.06. The van der Waals surface area contributed by atoms with Crippen LogP contribution in [0.15, 0.2) is 168 Å². The zero-order valence-corrected chi connectivity index (χ0v) is 27.4. The highest BCUT2D eigenvalue weighted by Gasteiger charge is 2.23. The molecule has 0 bridgehead atoms. The standard InChI is InChI=1S/C45H32N2S/c1-2-29-28-40(38-20-11-21-41-42(38)39-27-26-31-13-7-9-18-37(31)44(39)48-41)46-45(34-14-4-3-5-15-34)47-43(29)33-24-22-32(23-25-33)36-19-10-16-30-12-6-8-17-35(30)36/h3-29H,2H2,1H3. The third kappa shape index (κ3) is 4.87. The van der Waals surface area contributed by atoms with Crippen LogP contribution in [0, 0.1) is 5.92 Å². The summed E-state index contributed by atoms with van der Waals surface area (Å²) in [6.07, 6.45) is 3.27. The zero-order chi connectivity index (χ0) is 32.0. The van der Waals surface area contributed by atoms with Gasteiger partial charge in [0.25, 0.3) is 0 Å². The molecule has 0 saturated heterocycles. The van der Waals surface area contributed by atoms with Crippen molar-refractivity contribution < 1.29 is 0 Å². The third-order valence-corrected chi connectivity index (χ3v) is 10.8. The molecule has 0 N–H and O–H groups in total. The predicted molar refractivity (Wildman–Crippen MR) is 207 cm³/mol. The summed E-state index contributed by atoms with van der Waals surface area (Å²) < 4.78 is 2.60. The quantitative estimate of drug-likeness (QED) is 0.180. The highest BCUT2D eigenvalue weighted by molar-refractivity contribution is 7.26. The molecule has 1 aromatic heterocycles. The molecule has 0 fully saturated rings. The van der Waals surface area contributed by atoms with E-state index in [0.29, 0.717) is 0 Å². The van der Waals surface area contributed by atoms with Crippen LogP contribution in [0.3, 0.4) is 0 Å². The van der Waals surface area contributed by atoms with Crippen molar-refractivity contribution in [2.45, 2.75) is 13.3 Å². The van der Waals surface area contributed by atoms with Crippen molar-refractivity contribution in [2.24, 2.45) is 15.9 Å². The van der Waals surface area contributed by atoms with E-state index in [0.717, 1.165) is 40.4 Å². The van der Waals surface area contributed by atoms with Crippen LogP contribution in [-0.4, -0.2) is 11.5 Å². The lowest BCUT2D eigenvalue weighted by Crippen LogP contribution is -2.15. The SMILES string of the molecule is CCC1C=C(c2cccc3sc4c5ccccc5ccc4c23)N=C(c2ccccc2)N=C1c1ccc(-c2cccc3ccccc23)cc1. The maximum Gasteiger partial charge on any atom is 0.160 e. The van der Waals surface area contributed by atoms with Crippen molar-refractivity contribution in [3.05, 3.63) is 174 Å². The summed E-state index contributed by atoms with van der Waals surface area (Å²) in [4.78, 5) is 10.8. The summed E-state index contributed by atoms with van der Waals surface area (Å²) in [6, 6.07) is 54.3. The Morgan fingerprint density at radius 2 is 1.19 bits per heavy atom. The average molecular weight is 633 g/mol. The summed E-state index contributed by atoms with van der Waals surface area (Å²) >= 11 is 1.87. The van der Waals surface area contributed by atoms with E-state index in [-0.39, 0.29) is 5.92 Å². The van der Waals surface area contributed by atoms with E-state index >= 15 is 0 Å². The molecule has 1 aliphatic rings. The molecule has 1 atom stereocenters. The van der Waals surface area contributed by atoms with Crippen LogP contribution in [0.25, 0.3) is 58.5 Å². The first-order chi connectivity index (χ1) is 23.7. The van der Waals surface area contributed by atoms with Gasteiger partial charge < -0.3 is 0 Å². The topological polar surface area (TPSA) is 24.7 Å². The number of allylic oxidation sites excluding steroid dienone is 1. The molecule has 1 aliphatic heterocycles. The maximum absolute atomic E-state index is 5.38. The lowest BCUT2D eigenvalue weighted by atomic mass is 9.90. The Morgan fingerprint density at radius 3 is 2.00 bits per heavy atom.